The molecule has 0 aliphatic heterocycles. The standard InChI is InChI=1S/C23H27N3O4/c1-15(16-10-6-5-7-11-16)26-19-13-9-8-12-17(19)24-20(26)14-18(21(27)28)25-22(29)30-23(2,3)4/h5-13,15,18H,14H2,1-4H3,(H,25,29)(H,27,28). The second kappa shape index (κ2) is 8.57. The number of carbonyl (C=O) groups excluding carboxylic acids is 1. The van der Waals surface area contributed by atoms with Gasteiger partial charge in [0.15, 0.2) is 0 Å². The summed E-state index contributed by atoms with van der Waals surface area (Å²) in [6, 6.07) is 16.4. The molecule has 2 unspecified atom stereocenters. The number of aromatic nitrogens is 2. The van der Waals surface area contributed by atoms with E-state index in [0.717, 1.165) is 16.6 Å². The van der Waals surface area contributed by atoms with E-state index >= 15 is 0 Å². The Balaban J connectivity index is 1.96. The molecule has 0 saturated heterocycles. The van der Waals surface area contributed by atoms with Crippen LogP contribution in [0, 0.1) is 0 Å². The van der Waals surface area contributed by atoms with Crippen LogP contribution < -0.4 is 5.32 Å². The smallest absolute Gasteiger partial charge is 0.408 e. The third-order valence-corrected chi connectivity index (χ3v) is 4.71. The number of fused-ring (bicyclic) bond motifs is 1. The molecule has 3 aromatic rings. The Morgan fingerprint density at radius 2 is 1.73 bits per heavy atom. The van der Waals surface area contributed by atoms with Gasteiger partial charge in [0.25, 0.3) is 0 Å². The van der Waals surface area contributed by atoms with Crippen LogP contribution in [0.1, 0.15) is 45.1 Å². The number of para-hydroxylation sites is 2. The molecule has 0 aliphatic carbocycles. The minimum absolute atomic E-state index is 0.0282. The number of nitrogens with one attached hydrogen (secondary N) is 1. The molecule has 7 heteroatoms. The van der Waals surface area contributed by atoms with Crippen molar-refractivity contribution in [1.29, 1.82) is 0 Å². The average Bonchev–Trinajstić information content (AvgIpc) is 3.04. The van der Waals surface area contributed by atoms with Gasteiger partial charge in [-0.1, -0.05) is 42.5 Å². The number of nitrogens with zero attached hydrogens (tertiary/aromatic N) is 2. The molecule has 2 atom stereocenters. The molecule has 1 aromatic heterocycles. The Kier molecular flexibility index (Phi) is 6.10. The number of rotatable bonds is 6. The zero-order chi connectivity index (χ0) is 21.9. The lowest BCUT2D eigenvalue weighted by Crippen LogP contribution is -2.45. The molecule has 0 radical (unpaired) electrons. The minimum atomic E-state index is -1.17. The SMILES string of the molecule is CC(c1ccccc1)n1c(CC(NC(=O)OC(C)(C)C)C(=O)O)nc2ccccc21. The number of alkyl carbamates (subject to hydrolysis) is 1. The van der Waals surface area contributed by atoms with Crippen LogP contribution in [0.5, 0.6) is 0 Å². The first-order valence-corrected chi connectivity index (χ1v) is 9.89. The summed E-state index contributed by atoms with van der Waals surface area (Å²) < 4.78 is 7.25. The number of amides is 1. The highest BCUT2D eigenvalue weighted by Crippen LogP contribution is 2.26. The van der Waals surface area contributed by atoms with Crippen LogP contribution in [0.4, 0.5) is 4.79 Å². The number of ether oxygens (including phenoxy) is 1. The van der Waals surface area contributed by atoms with Crippen molar-refractivity contribution in [1.82, 2.24) is 14.9 Å². The van der Waals surface area contributed by atoms with E-state index in [4.69, 9.17) is 4.74 Å². The van der Waals surface area contributed by atoms with Crippen LogP contribution in [0.3, 0.4) is 0 Å². The van der Waals surface area contributed by atoms with Gasteiger partial charge in [0.05, 0.1) is 17.1 Å². The van der Waals surface area contributed by atoms with E-state index in [1.807, 2.05) is 66.1 Å². The van der Waals surface area contributed by atoms with E-state index < -0.39 is 23.7 Å². The monoisotopic (exact) mass is 409 g/mol. The Morgan fingerprint density at radius 1 is 1.10 bits per heavy atom. The predicted octanol–water partition coefficient (Wildman–Crippen LogP) is 4.17. The number of carboxylic acid groups (broad SMARTS) is 1. The van der Waals surface area contributed by atoms with Gasteiger partial charge >= 0.3 is 12.1 Å². The molecule has 3 rings (SSSR count). The molecule has 0 aliphatic rings. The predicted molar refractivity (Wildman–Crippen MR) is 114 cm³/mol. The highest BCUT2D eigenvalue weighted by atomic mass is 16.6. The van der Waals surface area contributed by atoms with Crippen molar-refractivity contribution in [2.45, 2.75) is 51.8 Å². The number of benzene rings is 2. The van der Waals surface area contributed by atoms with Crippen LogP contribution in [0.25, 0.3) is 11.0 Å². The van der Waals surface area contributed by atoms with Crippen molar-refractivity contribution in [3.8, 4) is 0 Å². The fourth-order valence-corrected chi connectivity index (χ4v) is 3.38. The van der Waals surface area contributed by atoms with Crippen LogP contribution in [0.15, 0.2) is 54.6 Å². The highest BCUT2D eigenvalue weighted by Gasteiger charge is 2.27. The van der Waals surface area contributed by atoms with E-state index in [0.29, 0.717) is 5.82 Å². The summed E-state index contributed by atoms with van der Waals surface area (Å²) in [5.74, 6) is -0.567. The van der Waals surface area contributed by atoms with Gasteiger partial charge in [-0.2, -0.15) is 0 Å². The number of hydrogen-bond acceptors (Lipinski definition) is 4. The highest BCUT2D eigenvalue weighted by molar-refractivity contribution is 5.81. The van der Waals surface area contributed by atoms with Crippen molar-refractivity contribution in [2.24, 2.45) is 0 Å². The molecule has 2 aromatic carbocycles. The second-order valence-electron chi connectivity index (χ2n) is 8.21. The van der Waals surface area contributed by atoms with Gasteiger partial charge in [0, 0.05) is 6.42 Å². The first kappa shape index (κ1) is 21.4. The van der Waals surface area contributed by atoms with Crippen LogP contribution >= 0.6 is 0 Å². The van der Waals surface area contributed by atoms with Gasteiger partial charge in [0.2, 0.25) is 0 Å². The normalized spacial score (nSPS) is 13.6. The lowest BCUT2D eigenvalue weighted by Gasteiger charge is -2.23. The van der Waals surface area contributed by atoms with E-state index in [1.165, 1.54) is 0 Å². The Morgan fingerprint density at radius 3 is 2.37 bits per heavy atom. The van der Waals surface area contributed by atoms with Gasteiger partial charge in [0.1, 0.15) is 17.5 Å². The summed E-state index contributed by atoms with van der Waals surface area (Å²) >= 11 is 0. The first-order valence-electron chi connectivity index (χ1n) is 9.89. The van der Waals surface area contributed by atoms with E-state index in [1.54, 1.807) is 20.8 Å². The lowest BCUT2D eigenvalue weighted by molar-refractivity contribution is -0.139. The summed E-state index contributed by atoms with van der Waals surface area (Å²) in [6.07, 6.45) is -0.742. The Hall–Kier alpha value is -3.35. The molecule has 0 saturated carbocycles. The van der Waals surface area contributed by atoms with Gasteiger partial charge in [-0.15, -0.1) is 0 Å². The fraction of sp³-hybridized carbons (Fsp3) is 0.348. The summed E-state index contributed by atoms with van der Waals surface area (Å²) in [4.78, 5) is 28.7. The van der Waals surface area contributed by atoms with Crippen LogP contribution in [0.2, 0.25) is 0 Å². The fourth-order valence-electron chi connectivity index (χ4n) is 3.38. The average molecular weight is 409 g/mol. The topological polar surface area (TPSA) is 93.5 Å². The molecule has 1 heterocycles. The number of hydrogen-bond donors (Lipinski definition) is 2. The molecular formula is C23H27N3O4. The van der Waals surface area contributed by atoms with Gasteiger partial charge in [-0.25, -0.2) is 14.6 Å². The van der Waals surface area contributed by atoms with Crippen molar-refractivity contribution in [3.05, 3.63) is 66.0 Å². The Bertz CT molecular complexity index is 1040. The number of aliphatic carboxylic acids is 1. The first-order chi connectivity index (χ1) is 14.2. The zero-order valence-electron chi connectivity index (χ0n) is 17.6. The Labute approximate surface area is 175 Å². The molecule has 2 N–H and O–H groups in total. The maximum absolute atomic E-state index is 12.2. The minimum Gasteiger partial charge on any atom is -0.480 e. The zero-order valence-corrected chi connectivity index (χ0v) is 17.6. The molecular weight excluding hydrogens is 382 g/mol. The van der Waals surface area contributed by atoms with E-state index in [9.17, 15) is 14.7 Å². The van der Waals surface area contributed by atoms with Crippen LogP contribution in [-0.2, 0) is 16.0 Å². The van der Waals surface area contributed by atoms with Crippen LogP contribution in [-0.4, -0.2) is 38.4 Å². The molecule has 1 amide bonds. The molecule has 0 spiro atoms. The van der Waals surface area contributed by atoms with Crippen molar-refractivity contribution in [2.75, 3.05) is 0 Å². The maximum atomic E-state index is 12.2. The largest absolute Gasteiger partial charge is 0.480 e. The van der Waals surface area contributed by atoms with Crippen molar-refractivity contribution < 1.29 is 19.4 Å². The molecule has 30 heavy (non-hydrogen) atoms. The number of carbonyl (C=O) groups is 2. The molecule has 158 valence electrons. The van der Waals surface area contributed by atoms with Gasteiger partial charge in [-0.3, -0.25) is 0 Å². The lowest BCUT2D eigenvalue weighted by atomic mass is 10.1. The third kappa shape index (κ3) is 4.97. The third-order valence-electron chi connectivity index (χ3n) is 4.71. The number of imidazole rings is 1. The summed E-state index contributed by atoms with van der Waals surface area (Å²) in [5.41, 5.74) is 2.04. The van der Waals surface area contributed by atoms with E-state index in [2.05, 4.69) is 10.3 Å². The number of carboxylic acids is 1. The van der Waals surface area contributed by atoms with Crippen molar-refractivity contribution in [3.63, 3.8) is 0 Å². The summed E-state index contributed by atoms with van der Waals surface area (Å²) in [7, 11) is 0. The second-order valence-corrected chi connectivity index (χ2v) is 8.21. The quantitative estimate of drug-likeness (QED) is 0.637. The van der Waals surface area contributed by atoms with Crippen molar-refractivity contribution >= 4 is 23.1 Å². The summed E-state index contributed by atoms with van der Waals surface area (Å²) in [6.45, 7) is 7.22. The molecule has 7 nitrogen and oxygen atoms in total. The summed E-state index contributed by atoms with van der Waals surface area (Å²) in [5, 5.41) is 12.2. The van der Waals surface area contributed by atoms with E-state index in [-0.39, 0.29) is 12.5 Å². The molecule has 0 fully saturated rings. The van der Waals surface area contributed by atoms with Gasteiger partial charge < -0.3 is 19.7 Å². The maximum Gasteiger partial charge on any atom is 0.408 e. The molecule has 0 bridgehead atoms. The van der Waals surface area contributed by atoms with Gasteiger partial charge in [-0.05, 0) is 45.4 Å².